The van der Waals surface area contributed by atoms with Gasteiger partial charge in [0.05, 0.1) is 11.1 Å². The highest BCUT2D eigenvalue weighted by atomic mass is 19.1. The lowest BCUT2D eigenvalue weighted by molar-refractivity contribution is -0.111. The first-order valence-corrected chi connectivity index (χ1v) is 5.86. The van der Waals surface area contributed by atoms with E-state index in [9.17, 15) is 31.9 Å². The van der Waals surface area contributed by atoms with Crippen LogP contribution in [0.4, 0.5) is 17.6 Å². The van der Waals surface area contributed by atoms with Crippen LogP contribution in [-0.4, -0.2) is 17.3 Å². The molecule has 0 atom stereocenters. The van der Waals surface area contributed by atoms with Gasteiger partial charge in [-0.3, -0.25) is 14.4 Å². The van der Waals surface area contributed by atoms with Gasteiger partial charge in [0.1, 0.15) is 23.3 Å². The summed E-state index contributed by atoms with van der Waals surface area (Å²) < 4.78 is 53.7. The molecule has 0 bridgehead atoms. The summed E-state index contributed by atoms with van der Waals surface area (Å²) in [5.41, 5.74) is -2.50. The first-order chi connectivity index (χ1) is 10.3. The van der Waals surface area contributed by atoms with Crippen LogP contribution >= 0.6 is 0 Å². The third-order valence-electron chi connectivity index (χ3n) is 2.79. The van der Waals surface area contributed by atoms with Gasteiger partial charge in [-0.05, 0) is 24.3 Å². The molecule has 0 amide bonds. The Bertz CT molecular complexity index is 693. The van der Waals surface area contributed by atoms with E-state index in [1.807, 2.05) is 0 Å². The van der Waals surface area contributed by atoms with Gasteiger partial charge in [-0.2, -0.15) is 0 Å². The third kappa shape index (κ3) is 2.65. The lowest BCUT2D eigenvalue weighted by atomic mass is 9.99. The quantitative estimate of drug-likeness (QED) is 0.378. The summed E-state index contributed by atoms with van der Waals surface area (Å²) in [6, 6.07) is 4.72. The van der Waals surface area contributed by atoms with E-state index < -0.39 is 51.7 Å². The van der Waals surface area contributed by atoms with Gasteiger partial charge in [0.2, 0.25) is 11.6 Å². The maximum atomic E-state index is 13.4. The molecule has 3 nitrogen and oxygen atoms in total. The highest BCUT2D eigenvalue weighted by Gasteiger charge is 2.32. The predicted molar refractivity (Wildman–Crippen MR) is 66.4 cm³/mol. The Balaban J connectivity index is 2.44. The molecule has 0 aliphatic heterocycles. The summed E-state index contributed by atoms with van der Waals surface area (Å²) >= 11 is 0. The number of carbonyl (C=O) groups is 3. The Morgan fingerprint density at radius 2 is 0.864 bits per heavy atom. The molecule has 112 valence electrons. The standard InChI is InChI=1S/C15H6F4O3/c16-7-3-1-4-8(17)11(7)13(20)15(22)14(21)12-9(18)5-2-6-10(12)19/h1-6H. The zero-order valence-corrected chi connectivity index (χ0v) is 10.7. The fourth-order valence-electron chi connectivity index (χ4n) is 1.76. The second kappa shape index (κ2) is 5.88. The minimum absolute atomic E-state index is 0.706. The second-order valence-electron chi connectivity index (χ2n) is 4.18. The van der Waals surface area contributed by atoms with Crippen LogP contribution in [-0.2, 0) is 4.79 Å². The summed E-state index contributed by atoms with van der Waals surface area (Å²) in [6.07, 6.45) is 0. The van der Waals surface area contributed by atoms with E-state index in [-0.39, 0.29) is 0 Å². The molecule has 0 N–H and O–H groups in total. The molecule has 0 aliphatic rings. The first-order valence-electron chi connectivity index (χ1n) is 5.86. The van der Waals surface area contributed by atoms with Crippen molar-refractivity contribution in [3.63, 3.8) is 0 Å². The molecule has 2 aromatic carbocycles. The number of hydrogen-bond donors (Lipinski definition) is 0. The van der Waals surface area contributed by atoms with Gasteiger partial charge in [0, 0.05) is 0 Å². The molecule has 2 rings (SSSR count). The average Bonchev–Trinajstić information content (AvgIpc) is 2.45. The van der Waals surface area contributed by atoms with E-state index in [1.165, 1.54) is 0 Å². The van der Waals surface area contributed by atoms with E-state index in [2.05, 4.69) is 0 Å². The van der Waals surface area contributed by atoms with Gasteiger partial charge in [-0.25, -0.2) is 17.6 Å². The van der Waals surface area contributed by atoms with Crippen molar-refractivity contribution in [3.8, 4) is 0 Å². The van der Waals surface area contributed by atoms with Gasteiger partial charge in [0.15, 0.2) is 0 Å². The maximum Gasteiger partial charge on any atom is 0.274 e. The summed E-state index contributed by atoms with van der Waals surface area (Å²) in [6.45, 7) is 0. The summed E-state index contributed by atoms with van der Waals surface area (Å²) in [5, 5.41) is 0. The van der Waals surface area contributed by atoms with Crippen LogP contribution in [0.3, 0.4) is 0 Å². The Labute approximate surface area is 121 Å². The van der Waals surface area contributed by atoms with E-state index in [4.69, 9.17) is 0 Å². The van der Waals surface area contributed by atoms with Crippen LogP contribution < -0.4 is 0 Å². The van der Waals surface area contributed by atoms with Gasteiger partial charge >= 0.3 is 0 Å². The number of hydrogen-bond acceptors (Lipinski definition) is 3. The van der Waals surface area contributed by atoms with Crippen LogP contribution in [0.15, 0.2) is 36.4 Å². The minimum Gasteiger partial charge on any atom is -0.284 e. The van der Waals surface area contributed by atoms with Crippen LogP contribution in [0.5, 0.6) is 0 Å². The number of benzene rings is 2. The monoisotopic (exact) mass is 310 g/mol. The average molecular weight is 310 g/mol. The summed E-state index contributed by atoms with van der Waals surface area (Å²) in [7, 11) is 0. The molecule has 0 aromatic heterocycles. The van der Waals surface area contributed by atoms with Gasteiger partial charge in [0.25, 0.3) is 5.78 Å². The smallest absolute Gasteiger partial charge is 0.274 e. The molecular weight excluding hydrogens is 304 g/mol. The molecule has 0 aliphatic carbocycles. The number of halogens is 4. The molecule has 0 saturated heterocycles. The molecule has 0 spiro atoms. The largest absolute Gasteiger partial charge is 0.284 e. The van der Waals surface area contributed by atoms with Crippen molar-refractivity contribution in [3.05, 3.63) is 70.8 Å². The van der Waals surface area contributed by atoms with Crippen molar-refractivity contribution in [1.82, 2.24) is 0 Å². The zero-order chi connectivity index (χ0) is 16.4. The number of Topliss-reactive ketones (excluding diaryl/α,β-unsaturated/α-hetero) is 3. The van der Waals surface area contributed by atoms with Crippen molar-refractivity contribution in [1.29, 1.82) is 0 Å². The van der Waals surface area contributed by atoms with Gasteiger partial charge < -0.3 is 0 Å². The Morgan fingerprint density at radius 3 is 1.14 bits per heavy atom. The number of carbonyl (C=O) groups excluding carboxylic acids is 3. The van der Waals surface area contributed by atoms with Crippen molar-refractivity contribution >= 4 is 17.3 Å². The first kappa shape index (κ1) is 15.6. The van der Waals surface area contributed by atoms with Gasteiger partial charge in [-0.15, -0.1) is 0 Å². The molecular formula is C15H6F4O3. The molecule has 0 radical (unpaired) electrons. The molecule has 22 heavy (non-hydrogen) atoms. The fourth-order valence-corrected chi connectivity index (χ4v) is 1.76. The molecule has 7 heteroatoms. The van der Waals surface area contributed by atoms with E-state index in [1.54, 1.807) is 0 Å². The molecule has 0 fully saturated rings. The fraction of sp³-hybridized carbons (Fsp3) is 0. The molecule has 0 unspecified atom stereocenters. The molecule has 0 heterocycles. The topological polar surface area (TPSA) is 51.2 Å². The third-order valence-corrected chi connectivity index (χ3v) is 2.79. The lowest BCUT2D eigenvalue weighted by Crippen LogP contribution is -2.27. The summed E-state index contributed by atoms with van der Waals surface area (Å²) in [5.74, 6) is -11.0. The van der Waals surface area contributed by atoms with Crippen molar-refractivity contribution in [2.75, 3.05) is 0 Å². The van der Waals surface area contributed by atoms with E-state index in [0.29, 0.717) is 24.3 Å². The van der Waals surface area contributed by atoms with Crippen molar-refractivity contribution in [2.45, 2.75) is 0 Å². The zero-order valence-electron chi connectivity index (χ0n) is 10.7. The number of rotatable bonds is 4. The minimum atomic E-state index is -1.94. The predicted octanol–water partition coefficient (Wildman–Crippen LogP) is 2.88. The van der Waals surface area contributed by atoms with Crippen LogP contribution in [0, 0.1) is 23.3 Å². The van der Waals surface area contributed by atoms with E-state index in [0.717, 1.165) is 12.1 Å². The molecule has 2 aromatic rings. The normalized spacial score (nSPS) is 10.4. The van der Waals surface area contributed by atoms with Crippen LogP contribution in [0.25, 0.3) is 0 Å². The highest BCUT2D eigenvalue weighted by Crippen LogP contribution is 2.17. The van der Waals surface area contributed by atoms with E-state index >= 15 is 0 Å². The van der Waals surface area contributed by atoms with Gasteiger partial charge in [-0.1, -0.05) is 12.1 Å². The Morgan fingerprint density at radius 1 is 0.591 bits per heavy atom. The number of ketones is 3. The van der Waals surface area contributed by atoms with Crippen molar-refractivity contribution < 1.29 is 31.9 Å². The maximum absolute atomic E-state index is 13.4. The SMILES string of the molecule is O=C(C(=O)c1c(F)cccc1F)C(=O)c1c(F)cccc1F. The Kier molecular flexibility index (Phi) is 4.16. The molecule has 0 saturated carbocycles. The summed E-state index contributed by atoms with van der Waals surface area (Å²) in [4.78, 5) is 35.1. The second-order valence-corrected chi connectivity index (χ2v) is 4.18. The van der Waals surface area contributed by atoms with Crippen LogP contribution in [0.2, 0.25) is 0 Å². The highest BCUT2D eigenvalue weighted by molar-refractivity contribution is 6.69. The van der Waals surface area contributed by atoms with Crippen LogP contribution in [0.1, 0.15) is 20.7 Å². The van der Waals surface area contributed by atoms with Crippen molar-refractivity contribution in [2.24, 2.45) is 0 Å². The Hall–Kier alpha value is -2.83. The lowest BCUT2D eigenvalue weighted by Gasteiger charge is -2.04.